The highest BCUT2D eigenvalue weighted by molar-refractivity contribution is 7.90. The number of aromatic nitrogens is 2. The largest absolute Gasteiger partial charge is 0.387 e. The van der Waals surface area contributed by atoms with E-state index in [-0.39, 0.29) is 17.2 Å². The van der Waals surface area contributed by atoms with Crippen LogP contribution >= 0.6 is 11.6 Å². The summed E-state index contributed by atoms with van der Waals surface area (Å²) >= 11 is 5.93. The highest BCUT2D eigenvalue weighted by atomic mass is 35.5. The van der Waals surface area contributed by atoms with Crippen molar-refractivity contribution < 1.29 is 13.5 Å². The lowest BCUT2D eigenvalue weighted by atomic mass is 10.1. The first-order chi connectivity index (χ1) is 13.9. The first-order valence-corrected chi connectivity index (χ1v) is 11.1. The molecule has 0 aliphatic carbocycles. The second-order valence-electron chi connectivity index (χ2n) is 6.77. The Hall–Kier alpha value is -2.67. The molecule has 0 saturated carbocycles. The van der Waals surface area contributed by atoms with E-state index in [1.54, 1.807) is 59.2 Å². The van der Waals surface area contributed by atoms with Gasteiger partial charge in [-0.2, -0.15) is 0 Å². The third-order valence-electron chi connectivity index (χ3n) is 4.77. The van der Waals surface area contributed by atoms with Gasteiger partial charge in [-0.3, -0.25) is 0 Å². The molecule has 0 amide bonds. The third kappa shape index (κ3) is 4.19. The van der Waals surface area contributed by atoms with Crippen LogP contribution < -0.4 is 0 Å². The molecule has 0 radical (unpaired) electrons. The molecule has 3 aromatic carbocycles. The molecule has 0 fully saturated rings. The number of imidazole rings is 1. The molecule has 148 valence electrons. The van der Waals surface area contributed by atoms with Crippen LogP contribution in [-0.4, -0.2) is 23.1 Å². The highest BCUT2D eigenvalue weighted by Gasteiger charge is 2.22. The number of hydrogen-bond donors (Lipinski definition) is 1. The molecule has 1 atom stereocenters. The van der Waals surface area contributed by atoms with E-state index >= 15 is 0 Å². The molecule has 7 heteroatoms. The van der Waals surface area contributed by atoms with Crippen LogP contribution in [0.4, 0.5) is 0 Å². The minimum absolute atomic E-state index is 0.182. The van der Waals surface area contributed by atoms with Crippen LogP contribution in [0, 0.1) is 0 Å². The van der Waals surface area contributed by atoms with Gasteiger partial charge in [0, 0.05) is 5.02 Å². The van der Waals surface area contributed by atoms with Crippen molar-refractivity contribution in [1.82, 2.24) is 9.55 Å². The average Bonchev–Trinajstić information content (AvgIpc) is 3.05. The normalized spacial score (nSPS) is 12.9. The lowest BCUT2D eigenvalue weighted by molar-refractivity contribution is 0.157. The fourth-order valence-corrected chi connectivity index (χ4v) is 4.71. The van der Waals surface area contributed by atoms with Crippen molar-refractivity contribution in [3.63, 3.8) is 0 Å². The van der Waals surface area contributed by atoms with Crippen molar-refractivity contribution in [3.05, 3.63) is 95.3 Å². The molecule has 0 saturated heterocycles. The van der Waals surface area contributed by atoms with E-state index in [2.05, 4.69) is 4.98 Å². The van der Waals surface area contributed by atoms with E-state index in [0.29, 0.717) is 21.9 Å². The Labute approximate surface area is 174 Å². The van der Waals surface area contributed by atoms with Gasteiger partial charge in [0.05, 0.1) is 28.6 Å². The lowest BCUT2D eigenvalue weighted by Gasteiger charge is -2.15. The minimum Gasteiger partial charge on any atom is -0.387 e. The molecule has 0 aliphatic rings. The number of benzene rings is 3. The molecule has 5 nitrogen and oxygen atoms in total. The predicted molar refractivity (Wildman–Crippen MR) is 113 cm³/mol. The first-order valence-electron chi connectivity index (χ1n) is 9.09. The van der Waals surface area contributed by atoms with Crippen LogP contribution in [0.25, 0.3) is 11.0 Å². The first kappa shape index (κ1) is 19.6. The molecule has 0 bridgehead atoms. The summed E-state index contributed by atoms with van der Waals surface area (Å²) in [7, 11) is -3.57. The van der Waals surface area contributed by atoms with Crippen LogP contribution in [-0.2, 0) is 22.1 Å². The molecule has 0 aliphatic heterocycles. The molecular weight excluding hydrogens is 408 g/mol. The zero-order chi connectivity index (χ0) is 20.4. The van der Waals surface area contributed by atoms with E-state index < -0.39 is 15.9 Å². The fraction of sp³-hybridized carbons (Fsp3) is 0.136. The number of aliphatic hydroxyl groups excluding tert-OH is 1. The summed E-state index contributed by atoms with van der Waals surface area (Å²) in [4.78, 5) is 4.78. The van der Waals surface area contributed by atoms with Gasteiger partial charge in [0.15, 0.2) is 9.84 Å². The van der Waals surface area contributed by atoms with E-state index in [4.69, 9.17) is 11.6 Å². The quantitative estimate of drug-likeness (QED) is 0.496. The summed E-state index contributed by atoms with van der Waals surface area (Å²) < 4.78 is 27.6. The second-order valence-corrected chi connectivity index (χ2v) is 9.19. The minimum atomic E-state index is -3.57. The predicted octanol–water partition coefficient (Wildman–Crippen LogP) is 4.40. The summed E-state index contributed by atoms with van der Waals surface area (Å²) in [6.07, 6.45) is -0.831. The third-order valence-corrected chi connectivity index (χ3v) is 6.65. The molecule has 0 unspecified atom stereocenters. The van der Waals surface area contributed by atoms with Crippen LogP contribution in [0.15, 0.2) is 83.8 Å². The zero-order valence-corrected chi connectivity index (χ0v) is 17.0. The zero-order valence-electron chi connectivity index (χ0n) is 15.4. The Bertz CT molecular complexity index is 1240. The van der Waals surface area contributed by atoms with Gasteiger partial charge in [-0.1, -0.05) is 54.1 Å². The SMILES string of the molecule is O=S(=O)(Cc1nc2ccccc2n1C[C@H](O)c1ccc(Cl)cc1)c1ccccc1. The van der Waals surface area contributed by atoms with Crippen LogP contribution in [0.5, 0.6) is 0 Å². The molecule has 29 heavy (non-hydrogen) atoms. The van der Waals surface area contributed by atoms with E-state index in [1.807, 2.05) is 24.3 Å². The van der Waals surface area contributed by atoms with Crippen LogP contribution in [0.3, 0.4) is 0 Å². The standard InChI is InChI=1S/C22H19ClN2O3S/c23-17-12-10-16(11-13-17)21(26)14-25-20-9-5-4-8-19(20)24-22(25)15-29(27,28)18-6-2-1-3-7-18/h1-13,21,26H,14-15H2/t21-/m0/s1. The Morgan fingerprint density at radius 2 is 1.59 bits per heavy atom. The Kier molecular flexibility index (Phi) is 5.41. The average molecular weight is 427 g/mol. The number of fused-ring (bicyclic) bond motifs is 1. The van der Waals surface area contributed by atoms with Gasteiger partial charge in [-0.15, -0.1) is 0 Å². The van der Waals surface area contributed by atoms with Crippen molar-refractivity contribution in [1.29, 1.82) is 0 Å². The van der Waals surface area contributed by atoms with Crippen molar-refractivity contribution in [2.45, 2.75) is 23.3 Å². The lowest BCUT2D eigenvalue weighted by Crippen LogP contribution is -2.15. The van der Waals surface area contributed by atoms with Crippen molar-refractivity contribution >= 4 is 32.5 Å². The number of hydrogen-bond acceptors (Lipinski definition) is 4. The van der Waals surface area contributed by atoms with E-state index in [1.165, 1.54) is 0 Å². The number of para-hydroxylation sites is 2. The number of rotatable bonds is 6. The summed E-state index contributed by atoms with van der Waals surface area (Å²) in [6, 6.07) is 22.7. The molecule has 4 aromatic rings. The van der Waals surface area contributed by atoms with Gasteiger partial charge in [-0.25, -0.2) is 13.4 Å². The number of nitrogens with zero attached hydrogens (tertiary/aromatic N) is 2. The van der Waals surface area contributed by atoms with Gasteiger partial charge in [-0.05, 0) is 42.0 Å². The van der Waals surface area contributed by atoms with Crippen LogP contribution in [0.1, 0.15) is 17.5 Å². The monoisotopic (exact) mass is 426 g/mol. The summed E-state index contributed by atoms with van der Waals surface area (Å²) in [6.45, 7) is 0.182. The molecule has 1 heterocycles. The maximum absolute atomic E-state index is 12.9. The number of halogens is 1. The van der Waals surface area contributed by atoms with Gasteiger partial charge in [0.25, 0.3) is 0 Å². The van der Waals surface area contributed by atoms with Crippen molar-refractivity contribution in [2.75, 3.05) is 0 Å². The molecule has 4 rings (SSSR count). The Balaban J connectivity index is 1.72. The maximum Gasteiger partial charge on any atom is 0.185 e. The summed E-state index contributed by atoms with van der Waals surface area (Å²) in [5, 5.41) is 11.3. The number of aliphatic hydroxyl groups is 1. The maximum atomic E-state index is 12.9. The van der Waals surface area contributed by atoms with E-state index in [9.17, 15) is 13.5 Å². The summed E-state index contributed by atoms with van der Waals surface area (Å²) in [5.74, 6) is 0.141. The molecule has 0 spiro atoms. The highest BCUT2D eigenvalue weighted by Crippen LogP contribution is 2.25. The van der Waals surface area contributed by atoms with Crippen LogP contribution in [0.2, 0.25) is 5.02 Å². The topological polar surface area (TPSA) is 72.2 Å². The Morgan fingerprint density at radius 3 is 2.31 bits per heavy atom. The van der Waals surface area contributed by atoms with Gasteiger partial charge >= 0.3 is 0 Å². The summed E-state index contributed by atoms with van der Waals surface area (Å²) in [5.41, 5.74) is 2.16. The molecular formula is C22H19ClN2O3S. The smallest absolute Gasteiger partial charge is 0.185 e. The van der Waals surface area contributed by atoms with Gasteiger partial charge in [0.1, 0.15) is 11.6 Å². The Morgan fingerprint density at radius 1 is 0.931 bits per heavy atom. The second kappa shape index (κ2) is 7.99. The van der Waals surface area contributed by atoms with Gasteiger partial charge < -0.3 is 9.67 Å². The van der Waals surface area contributed by atoms with Crippen molar-refractivity contribution in [3.8, 4) is 0 Å². The van der Waals surface area contributed by atoms with Gasteiger partial charge in [0.2, 0.25) is 0 Å². The molecule has 1 aromatic heterocycles. The van der Waals surface area contributed by atoms with E-state index in [0.717, 1.165) is 5.52 Å². The fourth-order valence-electron chi connectivity index (χ4n) is 3.28. The number of sulfone groups is 1. The van der Waals surface area contributed by atoms with Crippen molar-refractivity contribution in [2.24, 2.45) is 0 Å². The molecule has 1 N–H and O–H groups in total.